The van der Waals surface area contributed by atoms with E-state index in [1.54, 1.807) is 20.8 Å². The van der Waals surface area contributed by atoms with E-state index in [9.17, 15) is 14.0 Å². The fourth-order valence-electron chi connectivity index (χ4n) is 2.13. The Labute approximate surface area is 137 Å². The molecule has 0 aliphatic rings. The van der Waals surface area contributed by atoms with Crippen molar-refractivity contribution in [1.29, 1.82) is 0 Å². The van der Waals surface area contributed by atoms with Gasteiger partial charge in [0.15, 0.2) is 4.77 Å². The fourth-order valence-corrected chi connectivity index (χ4v) is 2.34. The van der Waals surface area contributed by atoms with Crippen LogP contribution in [0.4, 0.5) is 4.39 Å². The molecule has 0 bridgehead atoms. The number of ether oxygens (including phenoxy) is 1. The maximum atomic E-state index is 13.7. The van der Waals surface area contributed by atoms with Crippen LogP contribution in [0.1, 0.15) is 31.1 Å². The first-order chi connectivity index (χ1) is 10.7. The van der Waals surface area contributed by atoms with E-state index in [4.69, 9.17) is 17.0 Å². The van der Waals surface area contributed by atoms with Crippen LogP contribution in [-0.4, -0.2) is 45.9 Å². The number of carbonyl (C=O) groups excluding carboxylic acids is 2. The van der Waals surface area contributed by atoms with Crippen LogP contribution in [0.25, 0.3) is 11.0 Å². The van der Waals surface area contributed by atoms with Crippen LogP contribution < -0.4 is 0 Å². The van der Waals surface area contributed by atoms with Crippen molar-refractivity contribution in [3.63, 3.8) is 0 Å². The van der Waals surface area contributed by atoms with Crippen LogP contribution in [0, 0.1) is 10.6 Å². The first-order valence-corrected chi connectivity index (χ1v) is 7.50. The number of esters is 1. The lowest BCUT2D eigenvalue weighted by Crippen LogP contribution is -2.42. The van der Waals surface area contributed by atoms with Crippen LogP contribution in [-0.2, 0) is 9.53 Å². The van der Waals surface area contributed by atoms with E-state index in [-0.39, 0.29) is 16.4 Å². The summed E-state index contributed by atoms with van der Waals surface area (Å²) < 4.78 is 19.1. The summed E-state index contributed by atoms with van der Waals surface area (Å²) in [4.78, 5) is 31.4. The van der Waals surface area contributed by atoms with Crippen molar-refractivity contribution in [3.8, 4) is 0 Å². The van der Waals surface area contributed by atoms with Gasteiger partial charge in [-0.25, -0.2) is 9.18 Å². The number of nitrogens with one attached hydrogen (secondary N) is 2. The van der Waals surface area contributed by atoms with Crippen LogP contribution in [0.5, 0.6) is 0 Å². The normalized spacial score (nSPS) is 12.4. The van der Waals surface area contributed by atoms with E-state index in [0.717, 1.165) is 6.07 Å². The van der Waals surface area contributed by atoms with Crippen LogP contribution in [0.3, 0.4) is 0 Å². The molecule has 1 heterocycles. The Balaban J connectivity index is 2.36. The number of hydrogen-bond donors (Lipinski definition) is 2. The summed E-state index contributed by atoms with van der Waals surface area (Å²) in [5.74, 6) is -1.60. The molecule has 2 N–H and O–H groups in total. The minimum atomic E-state index is -0.801. The molecule has 0 spiro atoms. The molecule has 0 aliphatic heterocycles. The number of nitrogens with zero attached hydrogens (tertiary/aromatic N) is 1. The number of halogens is 1. The molecule has 124 valence electrons. The van der Waals surface area contributed by atoms with E-state index in [1.165, 1.54) is 18.0 Å². The molecule has 1 amide bonds. The largest absolute Gasteiger partial charge is 0.461 e. The standard InChI is InChI=1S/C15H18FN3O3S/c1-7(2)22-14(21)8(3)19(4)13(20)10-5-9(16)6-11-12(10)18-15(23)17-11/h5-8H,1-4H3,(H2,17,18,23)/t8-/m0/s1. The minimum Gasteiger partial charge on any atom is -0.461 e. The van der Waals surface area contributed by atoms with Crippen molar-refractivity contribution in [2.75, 3.05) is 7.05 Å². The lowest BCUT2D eigenvalue weighted by molar-refractivity contribution is -0.151. The molecular weight excluding hydrogens is 321 g/mol. The molecule has 0 radical (unpaired) electrons. The molecule has 1 atom stereocenters. The van der Waals surface area contributed by atoms with E-state index in [1.807, 2.05) is 0 Å². The monoisotopic (exact) mass is 339 g/mol. The third-order valence-electron chi connectivity index (χ3n) is 3.41. The van der Waals surface area contributed by atoms with E-state index >= 15 is 0 Å². The number of likely N-dealkylation sites (N-methyl/N-ethyl adjacent to an activating group) is 1. The Bertz CT molecular complexity index is 812. The number of hydrogen-bond acceptors (Lipinski definition) is 4. The van der Waals surface area contributed by atoms with Gasteiger partial charge in [-0.05, 0) is 45.1 Å². The molecule has 8 heteroatoms. The molecule has 2 aromatic rings. The number of amides is 1. The zero-order valence-corrected chi connectivity index (χ0v) is 14.1. The highest BCUT2D eigenvalue weighted by Gasteiger charge is 2.27. The quantitative estimate of drug-likeness (QED) is 0.663. The topological polar surface area (TPSA) is 78.2 Å². The van der Waals surface area contributed by atoms with Crippen LogP contribution >= 0.6 is 12.2 Å². The summed E-state index contributed by atoms with van der Waals surface area (Å²) in [6, 6.07) is 1.56. The van der Waals surface area contributed by atoms with Gasteiger partial charge in [-0.15, -0.1) is 0 Å². The molecule has 1 aromatic heterocycles. The number of aromatic amines is 2. The number of carbonyl (C=O) groups is 2. The highest BCUT2D eigenvalue weighted by atomic mass is 32.1. The van der Waals surface area contributed by atoms with Crippen molar-refractivity contribution in [1.82, 2.24) is 14.9 Å². The Kier molecular flexibility index (Phi) is 4.84. The first kappa shape index (κ1) is 17.1. The molecule has 23 heavy (non-hydrogen) atoms. The lowest BCUT2D eigenvalue weighted by atomic mass is 10.1. The summed E-state index contributed by atoms with van der Waals surface area (Å²) in [5.41, 5.74) is 0.890. The van der Waals surface area contributed by atoms with Gasteiger partial charge in [0.05, 0.1) is 22.7 Å². The Hall–Kier alpha value is -2.22. The second kappa shape index (κ2) is 6.49. The van der Waals surface area contributed by atoms with Gasteiger partial charge in [0.1, 0.15) is 11.9 Å². The molecule has 1 aromatic carbocycles. The van der Waals surface area contributed by atoms with Crippen LogP contribution in [0.15, 0.2) is 12.1 Å². The van der Waals surface area contributed by atoms with Crippen molar-refractivity contribution in [3.05, 3.63) is 28.3 Å². The molecule has 0 saturated carbocycles. The van der Waals surface area contributed by atoms with E-state index in [0.29, 0.717) is 11.0 Å². The second-order valence-electron chi connectivity index (χ2n) is 5.53. The zero-order chi connectivity index (χ0) is 17.3. The average Bonchev–Trinajstić information content (AvgIpc) is 2.83. The average molecular weight is 339 g/mol. The van der Waals surface area contributed by atoms with Gasteiger partial charge in [-0.1, -0.05) is 0 Å². The molecule has 6 nitrogen and oxygen atoms in total. The van der Waals surface area contributed by atoms with Crippen molar-refractivity contribution in [2.45, 2.75) is 32.9 Å². The predicted molar refractivity (Wildman–Crippen MR) is 86.2 cm³/mol. The first-order valence-electron chi connectivity index (χ1n) is 7.10. The summed E-state index contributed by atoms with van der Waals surface area (Å²) >= 11 is 4.98. The van der Waals surface area contributed by atoms with Gasteiger partial charge in [0, 0.05) is 7.05 Å². The summed E-state index contributed by atoms with van der Waals surface area (Å²) in [6.45, 7) is 5.00. The Morgan fingerprint density at radius 2 is 1.91 bits per heavy atom. The number of aromatic nitrogens is 2. The van der Waals surface area contributed by atoms with E-state index in [2.05, 4.69) is 9.97 Å². The zero-order valence-electron chi connectivity index (χ0n) is 13.3. The van der Waals surface area contributed by atoms with Crippen molar-refractivity contribution in [2.24, 2.45) is 0 Å². The van der Waals surface area contributed by atoms with Gasteiger partial charge in [-0.2, -0.15) is 0 Å². The summed E-state index contributed by atoms with van der Waals surface area (Å²) in [7, 11) is 1.46. The van der Waals surface area contributed by atoms with Gasteiger partial charge >= 0.3 is 5.97 Å². The highest BCUT2D eigenvalue weighted by molar-refractivity contribution is 7.71. The highest BCUT2D eigenvalue weighted by Crippen LogP contribution is 2.20. The number of fused-ring (bicyclic) bond motifs is 1. The number of rotatable bonds is 4. The molecule has 0 aliphatic carbocycles. The third kappa shape index (κ3) is 3.58. The smallest absolute Gasteiger partial charge is 0.328 e. The van der Waals surface area contributed by atoms with Gasteiger partial charge in [0.25, 0.3) is 5.91 Å². The summed E-state index contributed by atoms with van der Waals surface area (Å²) in [5, 5.41) is 0. The third-order valence-corrected chi connectivity index (χ3v) is 3.62. The predicted octanol–water partition coefficient (Wildman–Crippen LogP) is 2.78. The van der Waals surface area contributed by atoms with Gasteiger partial charge < -0.3 is 19.6 Å². The van der Waals surface area contributed by atoms with Gasteiger partial charge in [-0.3, -0.25) is 4.79 Å². The van der Waals surface area contributed by atoms with Gasteiger partial charge in [0.2, 0.25) is 0 Å². The SMILES string of the molecule is CC(C)OC(=O)[C@H](C)N(C)C(=O)c1cc(F)cc2[nH]c(=S)[nH]c12. The van der Waals surface area contributed by atoms with Crippen LogP contribution in [0.2, 0.25) is 0 Å². The number of imidazole rings is 1. The Morgan fingerprint density at radius 1 is 1.26 bits per heavy atom. The maximum absolute atomic E-state index is 13.7. The molecule has 0 saturated heterocycles. The fraction of sp³-hybridized carbons (Fsp3) is 0.400. The van der Waals surface area contributed by atoms with E-state index < -0.39 is 23.7 Å². The molecule has 0 fully saturated rings. The van der Waals surface area contributed by atoms with Crippen molar-refractivity contribution < 1.29 is 18.7 Å². The molecular formula is C15H18FN3O3S. The lowest BCUT2D eigenvalue weighted by Gasteiger charge is -2.24. The number of H-pyrrole nitrogens is 2. The summed E-state index contributed by atoms with van der Waals surface area (Å²) in [6.07, 6.45) is -0.282. The Morgan fingerprint density at radius 3 is 2.52 bits per heavy atom. The molecule has 0 unspecified atom stereocenters. The van der Waals surface area contributed by atoms with Crippen molar-refractivity contribution >= 4 is 35.1 Å². The maximum Gasteiger partial charge on any atom is 0.328 e. The second-order valence-corrected chi connectivity index (χ2v) is 5.94. The minimum absolute atomic E-state index is 0.0963. The molecule has 2 rings (SSSR count). The number of benzene rings is 1.